The van der Waals surface area contributed by atoms with Gasteiger partial charge in [-0.25, -0.2) is 0 Å². The Morgan fingerprint density at radius 3 is 1.80 bits per heavy atom. The van der Waals surface area contributed by atoms with Crippen molar-refractivity contribution in [3.05, 3.63) is 20.2 Å². The fourth-order valence-electron chi connectivity index (χ4n) is 0.555. The first-order valence-corrected chi connectivity index (χ1v) is 3.56. The maximum Gasteiger partial charge on any atom is 0.313 e. The van der Waals surface area contributed by atoms with E-state index in [1.807, 2.05) is 0 Å². The molecule has 15 heavy (non-hydrogen) atoms. The predicted molar refractivity (Wildman–Crippen MR) is 41.6 cm³/mol. The number of carboxylic acid groups (broad SMARTS) is 1. The van der Waals surface area contributed by atoms with E-state index in [4.69, 9.17) is 5.11 Å². The second kappa shape index (κ2) is 4.93. The Balaban J connectivity index is 4.38. The third-order valence-corrected chi connectivity index (χ3v) is 1.49. The maximum absolute atomic E-state index is 10.6. The summed E-state index contributed by atoms with van der Waals surface area (Å²) in [4.78, 5) is 38.0. The minimum Gasteiger partial charge on any atom is -0.481 e. The molecule has 0 heterocycles. The molecule has 0 aromatic heterocycles. The van der Waals surface area contributed by atoms with Crippen LogP contribution in [0.3, 0.4) is 0 Å². The zero-order valence-electron chi connectivity index (χ0n) is 7.61. The molecule has 0 unspecified atom stereocenters. The van der Waals surface area contributed by atoms with Gasteiger partial charge in [0.25, 0.3) is 10.2 Å². The molecule has 0 spiro atoms. The molecule has 0 aliphatic heterocycles. The number of nitrogens with zero attached hydrogens (tertiary/aromatic N) is 2. The van der Waals surface area contributed by atoms with E-state index in [0.29, 0.717) is 0 Å². The lowest BCUT2D eigenvalue weighted by atomic mass is 9.93. The van der Waals surface area contributed by atoms with Gasteiger partial charge in [-0.15, -0.1) is 20.2 Å². The normalized spacial score (nSPS) is 10.5. The summed E-state index contributed by atoms with van der Waals surface area (Å²) >= 11 is 0. The van der Waals surface area contributed by atoms with Gasteiger partial charge in [-0.1, -0.05) is 0 Å². The molecule has 0 saturated heterocycles. The van der Waals surface area contributed by atoms with Crippen molar-refractivity contribution in [2.24, 2.45) is 5.41 Å². The van der Waals surface area contributed by atoms with Crippen molar-refractivity contribution in [3.8, 4) is 0 Å². The van der Waals surface area contributed by atoms with E-state index < -0.39 is 34.8 Å². The molecule has 0 aliphatic carbocycles. The molecule has 0 fully saturated rings. The monoisotopic (exact) mass is 224 g/mol. The molecule has 10 nitrogen and oxygen atoms in total. The van der Waals surface area contributed by atoms with Crippen molar-refractivity contribution < 1.29 is 29.7 Å². The molecule has 0 atom stereocenters. The summed E-state index contributed by atoms with van der Waals surface area (Å²) in [5.41, 5.74) is -1.85. The van der Waals surface area contributed by atoms with Gasteiger partial charge < -0.3 is 14.8 Å². The average Bonchev–Trinajstić information content (AvgIpc) is 2.11. The van der Waals surface area contributed by atoms with Crippen LogP contribution in [0.15, 0.2) is 0 Å². The molecule has 1 N–H and O–H groups in total. The summed E-state index contributed by atoms with van der Waals surface area (Å²) in [6, 6.07) is 0. The molecule has 86 valence electrons. The van der Waals surface area contributed by atoms with E-state index in [2.05, 4.69) is 9.68 Å². The summed E-state index contributed by atoms with van der Waals surface area (Å²) in [6.07, 6.45) is 0. The summed E-state index contributed by atoms with van der Waals surface area (Å²) in [7, 11) is 0. The van der Waals surface area contributed by atoms with Crippen LogP contribution in [0.5, 0.6) is 0 Å². The molecule has 0 rings (SSSR count). The van der Waals surface area contributed by atoms with Crippen LogP contribution in [0.4, 0.5) is 0 Å². The van der Waals surface area contributed by atoms with E-state index in [1.54, 1.807) is 0 Å². The number of hydrogen-bond donors (Lipinski definition) is 1. The third-order valence-electron chi connectivity index (χ3n) is 1.49. The largest absolute Gasteiger partial charge is 0.481 e. The molecule has 0 radical (unpaired) electrons. The van der Waals surface area contributed by atoms with Gasteiger partial charge in [-0.2, -0.15) is 0 Å². The van der Waals surface area contributed by atoms with Gasteiger partial charge >= 0.3 is 5.97 Å². The Labute approximate surface area is 82.6 Å². The first kappa shape index (κ1) is 12.9. The highest BCUT2D eigenvalue weighted by molar-refractivity contribution is 5.74. The van der Waals surface area contributed by atoms with Crippen LogP contribution in [0.25, 0.3) is 0 Å². The van der Waals surface area contributed by atoms with Gasteiger partial charge in [0.1, 0.15) is 18.6 Å². The molecule has 0 amide bonds. The zero-order valence-corrected chi connectivity index (χ0v) is 7.61. The number of carbonyl (C=O) groups is 1. The van der Waals surface area contributed by atoms with Crippen molar-refractivity contribution in [2.75, 3.05) is 13.2 Å². The molecule has 0 aliphatic rings. The van der Waals surface area contributed by atoms with Crippen LogP contribution in [-0.2, 0) is 14.5 Å². The molecule has 0 bridgehead atoms. The Morgan fingerprint density at radius 2 is 1.60 bits per heavy atom. The lowest BCUT2D eigenvalue weighted by Gasteiger charge is -2.21. The van der Waals surface area contributed by atoms with E-state index >= 15 is 0 Å². The van der Waals surface area contributed by atoms with E-state index in [1.165, 1.54) is 0 Å². The van der Waals surface area contributed by atoms with Crippen molar-refractivity contribution in [3.63, 3.8) is 0 Å². The second-order valence-corrected chi connectivity index (χ2v) is 2.86. The zero-order chi connectivity index (χ0) is 12.1. The van der Waals surface area contributed by atoms with Crippen molar-refractivity contribution >= 4 is 5.97 Å². The maximum atomic E-state index is 10.6. The smallest absolute Gasteiger partial charge is 0.313 e. The number of carboxylic acids is 1. The van der Waals surface area contributed by atoms with Crippen LogP contribution in [0, 0.1) is 25.6 Å². The summed E-state index contributed by atoms with van der Waals surface area (Å²) in [5.74, 6) is -1.49. The summed E-state index contributed by atoms with van der Waals surface area (Å²) < 4.78 is 0. The Bertz CT molecular complexity index is 258. The first-order valence-electron chi connectivity index (χ1n) is 3.56. The molecular formula is C5H8N2O8. The average molecular weight is 224 g/mol. The van der Waals surface area contributed by atoms with Crippen LogP contribution in [0.2, 0.25) is 0 Å². The number of aliphatic carboxylic acids is 1. The van der Waals surface area contributed by atoms with Gasteiger partial charge in [0.15, 0.2) is 0 Å². The quantitative estimate of drug-likeness (QED) is 0.450. The highest BCUT2D eigenvalue weighted by Crippen LogP contribution is 2.17. The minimum absolute atomic E-state index is 0.830. The summed E-state index contributed by atoms with van der Waals surface area (Å²) in [6.45, 7) is -0.630. The highest BCUT2D eigenvalue weighted by atomic mass is 17.0. The lowest BCUT2D eigenvalue weighted by molar-refractivity contribution is -0.770. The van der Waals surface area contributed by atoms with Crippen molar-refractivity contribution in [1.29, 1.82) is 0 Å². The van der Waals surface area contributed by atoms with Crippen LogP contribution in [-0.4, -0.2) is 34.5 Å². The number of rotatable bonds is 7. The van der Waals surface area contributed by atoms with Gasteiger partial charge in [0.2, 0.25) is 0 Å². The van der Waals surface area contributed by atoms with Crippen molar-refractivity contribution in [1.82, 2.24) is 0 Å². The number of hydrogen-bond acceptors (Lipinski definition) is 7. The van der Waals surface area contributed by atoms with Gasteiger partial charge in [0, 0.05) is 0 Å². The minimum atomic E-state index is -1.85. The molecule has 0 aromatic rings. The van der Waals surface area contributed by atoms with Gasteiger partial charge in [0.05, 0.1) is 0 Å². The Morgan fingerprint density at radius 1 is 1.27 bits per heavy atom. The topological polar surface area (TPSA) is 142 Å². The van der Waals surface area contributed by atoms with Crippen LogP contribution in [0.1, 0.15) is 6.92 Å². The van der Waals surface area contributed by atoms with E-state index in [9.17, 15) is 25.0 Å². The van der Waals surface area contributed by atoms with E-state index in [-0.39, 0.29) is 0 Å². The van der Waals surface area contributed by atoms with Crippen LogP contribution < -0.4 is 0 Å². The highest BCUT2D eigenvalue weighted by Gasteiger charge is 2.36. The Hall–Kier alpha value is -2.13. The van der Waals surface area contributed by atoms with Gasteiger partial charge in [-0.05, 0) is 6.92 Å². The molecular weight excluding hydrogens is 216 g/mol. The Kier molecular flexibility index (Phi) is 4.23. The van der Waals surface area contributed by atoms with Crippen LogP contribution >= 0.6 is 0 Å². The fraction of sp³-hybridized carbons (Fsp3) is 0.800. The standard InChI is InChI=1S/C5H8N2O8/c1-5(4(8)9,2-14-6(10)11)3-15-7(12)13/h2-3H2,1H3,(H,8,9). The lowest BCUT2D eigenvalue weighted by Crippen LogP contribution is -2.38. The summed E-state index contributed by atoms with van der Waals surface area (Å²) in [5, 5.41) is 25.9. The predicted octanol–water partition coefficient (Wildman–Crippen LogP) is -0.506. The van der Waals surface area contributed by atoms with E-state index in [0.717, 1.165) is 6.92 Å². The van der Waals surface area contributed by atoms with Gasteiger partial charge in [-0.3, -0.25) is 4.79 Å². The SMILES string of the molecule is CC(CO[N+](=O)[O-])(CO[N+](=O)[O-])C(=O)O. The molecule has 0 saturated carbocycles. The third kappa shape index (κ3) is 4.59. The fourth-order valence-corrected chi connectivity index (χ4v) is 0.555. The van der Waals surface area contributed by atoms with Crippen molar-refractivity contribution in [2.45, 2.75) is 6.92 Å². The second-order valence-electron chi connectivity index (χ2n) is 2.86. The molecule has 10 heteroatoms. The molecule has 0 aromatic carbocycles. The first-order chi connectivity index (χ1) is 6.78.